The average molecular weight is 309 g/mol. The van der Waals surface area contributed by atoms with Gasteiger partial charge in [0, 0.05) is 20.7 Å². The fourth-order valence-corrected chi connectivity index (χ4v) is 1.81. The molecule has 0 aromatic heterocycles. The number of benzene rings is 1. The number of carbonyl (C=O) groups is 1. The van der Waals surface area contributed by atoms with Crippen LogP contribution in [-0.2, 0) is 25.4 Å². The molecule has 124 valence electrons. The predicted octanol–water partition coefficient (Wildman–Crippen LogP) is 1.68. The number of rotatable bonds is 11. The summed E-state index contributed by atoms with van der Waals surface area (Å²) in [6.07, 6.45) is 0.427. The predicted molar refractivity (Wildman–Crippen MR) is 86.0 cm³/mol. The first-order chi connectivity index (χ1) is 10.6. The Hall–Kier alpha value is -1.43. The van der Waals surface area contributed by atoms with Crippen molar-refractivity contribution in [3.05, 3.63) is 35.4 Å². The molecule has 1 aromatic rings. The highest BCUT2D eigenvalue weighted by Crippen LogP contribution is 2.05. The molecule has 0 unspecified atom stereocenters. The molecule has 22 heavy (non-hydrogen) atoms. The SMILES string of the molecule is COCCOCCOCCN(C)C(=O)Cc1ccc(C)cc1. The highest BCUT2D eigenvalue weighted by Gasteiger charge is 2.09. The van der Waals surface area contributed by atoms with E-state index in [1.807, 2.05) is 31.2 Å². The summed E-state index contributed by atoms with van der Waals surface area (Å²) in [7, 11) is 3.44. The van der Waals surface area contributed by atoms with Crippen molar-refractivity contribution in [2.45, 2.75) is 13.3 Å². The minimum absolute atomic E-state index is 0.101. The molecule has 0 aliphatic heterocycles. The molecule has 0 fully saturated rings. The Kier molecular flexibility index (Phi) is 9.46. The molecule has 0 radical (unpaired) electrons. The number of hydrogen-bond donors (Lipinski definition) is 0. The van der Waals surface area contributed by atoms with E-state index in [0.717, 1.165) is 5.56 Å². The van der Waals surface area contributed by atoms with Crippen LogP contribution >= 0.6 is 0 Å². The van der Waals surface area contributed by atoms with Gasteiger partial charge in [0.15, 0.2) is 0 Å². The number of likely N-dealkylation sites (N-methyl/N-ethyl adjacent to an activating group) is 1. The highest BCUT2D eigenvalue weighted by molar-refractivity contribution is 5.78. The number of hydrogen-bond acceptors (Lipinski definition) is 4. The van der Waals surface area contributed by atoms with E-state index in [1.165, 1.54) is 5.56 Å². The van der Waals surface area contributed by atoms with Crippen LogP contribution in [0.25, 0.3) is 0 Å². The van der Waals surface area contributed by atoms with Gasteiger partial charge in [-0.05, 0) is 12.5 Å². The van der Waals surface area contributed by atoms with Crippen molar-refractivity contribution < 1.29 is 19.0 Å². The normalized spacial score (nSPS) is 10.7. The summed E-state index contributed by atoms with van der Waals surface area (Å²) in [5, 5.41) is 0. The van der Waals surface area contributed by atoms with E-state index in [2.05, 4.69) is 0 Å². The number of carbonyl (C=O) groups excluding carboxylic acids is 1. The lowest BCUT2D eigenvalue weighted by Gasteiger charge is -2.17. The Morgan fingerprint density at radius 2 is 1.59 bits per heavy atom. The second kappa shape index (κ2) is 11.2. The highest BCUT2D eigenvalue weighted by atomic mass is 16.5. The van der Waals surface area contributed by atoms with E-state index >= 15 is 0 Å². The first-order valence-electron chi connectivity index (χ1n) is 7.57. The van der Waals surface area contributed by atoms with Crippen molar-refractivity contribution in [2.75, 3.05) is 53.7 Å². The summed E-state index contributed by atoms with van der Waals surface area (Å²) in [5.74, 6) is 0.101. The molecule has 1 amide bonds. The molecule has 0 saturated carbocycles. The van der Waals surface area contributed by atoms with Crippen LogP contribution in [0.5, 0.6) is 0 Å². The van der Waals surface area contributed by atoms with Gasteiger partial charge in [-0.2, -0.15) is 0 Å². The Morgan fingerprint density at radius 1 is 1.00 bits per heavy atom. The van der Waals surface area contributed by atoms with E-state index < -0.39 is 0 Å². The molecule has 0 spiro atoms. The third kappa shape index (κ3) is 8.12. The zero-order valence-corrected chi connectivity index (χ0v) is 13.8. The number of amides is 1. The zero-order chi connectivity index (χ0) is 16.2. The minimum Gasteiger partial charge on any atom is -0.382 e. The number of aryl methyl sites for hydroxylation is 1. The summed E-state index contributed by atoms with van der Waals surface area (Å²) in [6.45, 7) is 5.39. The van der Waals surface area contributed by atoms with Gasteiger partial charge in [-0.1, -0.05) is 29.8 Å². The molecule has 0 N–H and O–H groups in total. The lowest BCUT2D eigenvalue weighted by molar-refractivity contribution is -0.129. The molecule has 0 bridgehead atoms. The average Bonchev–Trinajstić information content (AvgIpc) is 2.52. The molecule has 0 heterocycles. The van der Waals surface area contributed by atoms with Gasteiger partial charge in [0.25, 0.3) is 0 Å². The largest absolute Gasteiger partial charge is 0.382 e. The smallest absolute Gasteiger partial charge is 0.226 e. The van der Waals surface area contributed by atoms with Crippen LogP contribution in [0.15, 0.2) is 24.3 Å². The summed E-state index contributed by atoms with van der Waals surface area (Å²) in [5.41, 5.74) is 2.24. The van der Waals surface area contributed by atoms with Crippen LogP contribution in [-0.4, -0.2) is 64.5 Å². The van der Waals surface area contributed by atoms with E-state index in [4.69, 9.17) is 14.2 Å². The summed E-state index contributed by atoms with van der Waals surface area (Å²) >= 11 is 0. The molecule has 1 aromatic carbocycles. The minimum atomic E-state index is 0.101. The van der Waals surface area contributed by atoms with Crippen LogP contribution in [0.2, 0.25) is 0 Å². The van der Waals surface area contributed by atoms with Crippen molar-refractivity contribution in [2.24, 2.45) is 0 Å². The van der Waals surface area contributed by atoms with E-state index in [9.17, 15) is 4.79 Å². The van der Waals surface area contributed by atoms with Crippen molar-refractivity contribution in [1.82, 2.24) is 4.90 Å². The van der Waals surface area contributed by atoms with Crippen molar-refractivity contribution in [3.63, 3.8) is 0 Å². The monoisotopic (exact) mass is 309 g/mol. The summed E-state index contributed by atoms with van der Waals surface area (Å²) < 4.78 is 15.6. The van der Waals surface area contributed by atoms with Crippen molar-refractivity contribution in [1.29, 1.82) is 0 Å². The Bertz CT molecular complexity index is 419. The Morgan fingerprint density at radius 3 is 2.23 bits per heavy atom. The molecule has 5 heteroatoms. The fourth-order valence-electron chi connectivity index (χ4n) is 1.81. The summed E-state index contributed by atoms with van der Waals surface area (Å²) in [6, 6.07) is 8.04. The van der Waals surface area contributed by atoms with Gasteiger partial charge in [0.1, 0.15) is 0 Å². The zero-order valence-electron chi connectivity index (χ0n) is 13.8. The van der Waals surface area contributed by atoms with Gasteiger partial charge in [-0.15, -0.1) is 0 Å². The molecule has 5 nitrogen and oxygen atoms in total. The van der Waals surface area contributed by atoms with Crippen molar-refractivity contribution >= 4 is 5.91 Å². The lowest BCUT2D eigenvalue weighted by Crippen LogP contribution is -2.31. The quantitative estimate of drug-likeness (QED) is 0.584. The first kappa shape index (κ1) is 18.6. The van der Waals surface area contributed by atoms with Gasteiger partial charge in [-0.25, -0.2) is 0 Å². The van der Waals surface area contributed by atoms with Gasteiger partial charge < -0.3 is 19.1 Å². The standard InChI is InChI=1S/C17H27NO4/c1-15-4-6-16(7-5-15)14-17(19)18(2)8-9-21-12-13-22-11-10-20-3/h4-7H,8-14H2,1-3H3. The second-order valence-electron chi connectivity index (χ2n) is 5.20. The molecule has 0 saturated heterocycles. The number of ether oxygens (including phenoxy) is 3. The molecule has 0 atom stereocenters. The first-order valence-corrected chi connectivity index (χ1v) is 7.57. The summed E-state index contributed by atoms with van der Waals surface area (Å²) in [4.78, 5) is 13.8. The van der Waals surface area contributed by atoms with Gasteiger partial charge in [0.05, 0.1) is 39.5 Å². The van der Waals surface area contributed by atoms with Gasteiger partial charge >= 0.3 is 0 Å². The third-order valence-corrected chi connectivity index (χ3v) is 3.28. The van der Waals surface area contributed by atoms with Gasteiger partial charge in [0.2, 0.25) is 5.91 Å². The van der Waals surface area contributed by atoms with E-state index in [-0.39, 0.29) is 5.91 Å². The van der Waals surface area contributed by atoms with Crippen LogP contribution < -0.4 is 0 Å². The van der Waals surface area contributed by atoms with Crippen LogP contribution in [0.1, 0.15) is 11.1 Å². The van der Waals surface area contributed by atoms with Crippen LogP contribution in [0, 0.1) is 6.92 Å². The fraction of sp³-hybridized carbons (Fsp3) is 0.588. The Balaban J connectivity index is 2.10. The maximum absolute atomic E-state index is 12.1. The van der Waals surface area contributed by atoms with E-state index in [0.29, 0.717) is 46.0 Å². The molecule has 0 aliphatic carbocycles. The van der Waals surface area contributed by atoms with E-state index in [1.54, 1.807) is 19.1 Å². The maximum Gasteiger partial charge on any atom is 0.226 e. The topological polar surface area (TPSA) is 48.0 Å². The molecular weight excluding hydrogens is 282 g/mol. The lowest BCUT2D eigenvalue weighted by atomic mass is 10.1. The van der Waals surface area contributed by atoms with Gasteiger partial charge in [-0.3, -0.25) is 4.79 Å². The van der Waals surface area contributed by atoms with Crippen LogP contribution in [0.3, 0.4) is 0 Å². The maximum atomic E-state index is 12.1. The number of nitrogens with zero attached hydrogens (tertiary/aromatic N) is 1. The second-order valence-corrected chi connectivity index (χ2v) is 5.20. The van der Waals surface area contributed by atoms with Crippen LogP contribution in [0.4, 0.5) is 0 Å². The molecule has 0 aliphatic rings. The third-order valence-electron chi connectivity index (χ3n) is 3.28. The van der Waals surface area contributed by atoms with Crippen molar-refractivity contribution in [3.8, 4) is 0 Å². The Labute approximate surface area is 133 Å². The molecular formula is C17H27NO4. The molecule has 1 rings (SSSR count). The number of methoxy groups -OCH3 is 1.